The van der Waals surface area contributed by atoms with E-state index < -0.39 is 17.6 Å². The van der Waals surface area contributed by atoms with Gasteiger partial charge in [-0.05, 0) is 30.3 Å². The number of rotatable bonds is 3. The number of carbonyl (C=O) groups excluding carboxylic acids is 2. The van der Waals surface area contributed by atoms with Crippen molar-refractivity contribution >= 4 is 46.4 Å². The van der Waals surface area contributed by atoms with Gasteiger partial charge < -0.3 is 5.32 Å². The van der Waals surface area contributed by atoms with Crippen LogP contribution in [0.5, 0.6) is 0 Å². The summed E-state index contributed by atoms with van der Waals surface area (Å²) >= 11 is 11.8. The number of carbonyl (C=O) groups is 2. The van der Waals surface area contributed by atoms with Crippen LogP contribution in [0, 0.1) is 5.82 Å². The maximum Gasteiger partial charge on any atom is 0.283 e. The molecule has 0 saturated heterocycles. The molecule has 3 rings (SSSR count). The van der Waals surface area contributed by atoms with Crippen molar-refractivity contribution in [2.75, 3.05) is 10.2 Å². The number of nitrogens with zero attached hydrogens (tertiary/aromatic N) is 1. The standard InChI is InChI=1S/C16H9Cl2FN2O2/c17-9-4-3-5-10(8-9)21-15(22)13(18)14(16(21)23)20-12-7-2-1-6-11(12)19/h1-8,20H. The summed E-state index contributed by atoms with van der Waals surface area (Å²) in [5.74, 6) is -1.94. The van der Waals surface area contributed by atoms with Crippen molar-refractivity contribution in [3.63, 3.8) is 0 Å². The van der Waals surface area contributed by atoms with Crippen LogP contribution in [0.2, 0.25) is 5.02 Å². The fourth-order valence-corrected chi connectivity index (χ4v) is 2.56. The highest BCUT2D eigenvalue weighted by Gasteiger charge is 2.39. The normalized spacial score (nSPS) is 14.7. The number of amides is 2. The highest BCUT2D eigenvalue weighted by molar-refractivity contribution is 6.53. The van der Waals surface area contributed by atoms with Gasteiger partial charge in [0.15, 0.2) is 0 Å². The third-order valence-corrected chi connectivity index (χ3v) is 3.81. The zero-order valence-electron chi connectivity index (χ0n) is 11.5. The molecule has 7 heteroatoms. The van der Waals surface area contributed by atoms with E-state index in [1.807, 2.05) is 0 Å². The SMILES string of the molecule is O=C1C(Cl)=C(Nc2ccccc2F)C(=O)N1c1cccc(Cl)c1. The molecule has 0 atom stereocenters. The number of imide groups is 1. The molecule has 0 unspecified atom stereocenters. The summed E-state index contributed by atoms with van der Waals surface area (Å²) in [7, 11) is 0. The molecule has 1 aliphatic heterocycles. The number of hydrogen-bond donors (Lipinski definition) is 1. The third kappa shape index (κ3) is 2.81. The van der Waals surface area contributed by atoms with Gasteiger partial charge in [-0.3, -0.25) is 9.59 Å². The zero-order chi connectivity index (χ0) is 16.6. The zero-order valence-corrected chi connectivity index (χ0v) is 13.0. The average molecular weight is 351 g/mol. The molecular weight excluding hydrogens is 342 g/mol. The van der Waals surface area contributed by atoms with Crippen molar-refractivity contribution in [3.05, 3.63) is 70.1 Å². The predicted octanol–water partition coefficient (Wildman–Crippen LogP) is 3.91. The van der Waals surface area contributed by atoms with E-state index in [4.69, 9.17) is 23.2 Å². The lowest BCUT2D eigenvalue weighted by Crippen LogP contribution is -2.32. The Morgan fingerprint density at radius 2 is 1.70 bits per heavy atom. The molecule has 116 valence electrons. The van der Waals surface area contributed by atoms with Gasteiger partial charge in [-0.2, -0.15) is 0 Å². The molecule has 23 heavy (non-hydrogen) atoms. The fourth-order valence-electron chi connectivity index (χ4n) is 2.16. The Labute approximate surface area is 141 Å². The van der Waals surface area contributed by atoms with Crippen LogP contribution < -0.4 is 10.2 Å². The number of benzene rings is 2. The van der Waals surface area contributed by atoms with Crippen LogP contribution >= 0.6 is 23.2 Å². The lowest BCUT2D eigenvalue weighted by atomic mass is 10.2. The number of hydrogen-bond acceptors (Lipinski definition) is 3. The van der Waals surface area contributed by atoms with Gasteiger partial charge in [-0.15, -0.1) is 0 Å². The molecule has 0 saturated carbocycles. The van der Waals surface area contributed by atoms with Gasteiger partial charge in [-0.25, -0.2) is 9.29 Å². The summed E-state index contributed by atoms with van der Waals surface area (Å²) in [6.07, 6.45) is 0. The van der Waals surface area contributed by atoms with Crippen LogP contribution in [-0.4, -0.2) is 11.8 Å². The van der Waals surface area contributed by atoms with Crippen molar-refractivity contribution in [1.29, 1.82) is 0 Å². The van der Waals surface area contributed by atoms with Gasteiger partial charge in [0.2, 0.25) is 0 Å². The minimum atomic E-state index is -0.697. The molecule has 4 nitrogen and oxygen atoms in total. The van der Waals surface area contributed by atoms with Crippen molar-refractivity contribution in [2.45, 2.75) is 0 Å². The summed E-state index contributed by atoms with van der Waals surface area (Å²) in [6.45, 7) is 0. The Hall–Kier alpha value is -2.37. The topological polar surface area (TPSA) is 49.4 Å². The number of para-hydroxylation sites is 1. The van der Waals surface area contributed by atoms with Crippen molar-refractivity contribution in [3.8, 4) is 0 Å². The molecule has 1 heterocycles. The third-order valence-electron chi connectivity index (χ3n) is 3.23. The average Bonchev–Trinajstić information content (AvgIpc) is 2.73. The highest BCUT2D eigenvalue weighted by atomic mass is 35.5. The Morgan fingerprint density at radius 3 is 2.39 bits per heavy atom. The van der Waals surface area contributed by atoms with Gasteiger partial charge in [0.05, 0.1) is 11.4 Å². The molecule has 0 aromatic heterocycles. The first-order valence-electron chi connectivity index (χ1n) is 6.54. The molecule has 1 N–H and O–H groups in total. The van der Waals surface area contributed by atoms with E-state index in [2.05, 4.69) is 5.32 Å². The monoisotopic (exact) mass is 350 g/mol. The van der Waals surface area contributed by atoms with E-state index in [0.717, 1.165) is 4.90 Å². The Balaban J connectivity index is 1.95. The second-order valence-electron chi connectivity index (χ2n) is 4.72. The van der Waals surface area contributed by atoms with Crippen molar-refractivity contribution in [2.24, 2.45) is 0 Å². The van der Waals surface area contributed by atoms with E-state index in [0.29, 0.717) is 5.02 Å². The maximum absolute atomic E-state index is 13.7. The first-order valence-corrected chi connectivity index (χ1v) is 7.30. The summed E-state index contributed by atoms with van der Waals surface area (Å²) in [4.78, 5) is 25.6. The summed E-state index contributed by atoms with van der Waals surface area (Å²) in [5.41, 5.74) is 0.160. The first kappa shape index (κ1) is 15.5. The summed E-state index contributed by atoms with van der Waals surface area (Å²) in [6, 6.07) is 12.0. The van der Waals surface area contributed by atoms with Crippen LogP contribution in [0.3, 0.4) is 0 Å². The number of halogens is 3. The summed E-state index contributed by atoms with van der Waals surface area (Å²) < 4.78 is 13.7. The molecule has 0 fully saturated rings. The minimum absolute atomic E-state index is 0.0507. The largest absolute Gasteiger partial charge is 0.347 e. The van der Waals surface area contributed by atoms with Crippen LogP contribution in [0.15, 0.2) is 59.3 Å². The van der Waals surface area contributed by atoms with Crippen LogP contribution in [-0.2, 0) is 9.59 Å². The highest BCUT2D eigenvalue weighted by Crippen LogP contribution is 2.31. The van der Waals surface area contributed by atoms with Gasteiger partial charge in [-0.1, -0.05) is 41.4 Å². The van der Waals surface area contributed by atoms with Gasteiger partial charge in [0.1, 0.15) is 16.5 Å². The fraction of sp³-hybridized carbons (Fsp3) is 0. The molecular formula is C16H9Cl2FN2O2. The van der Waals surface area contributed by atoms with Crippen LogP contribution in [0.25, 0.3) is 0 Å². The summed E-state index contributed by atoms with van der Waals surface area (Å²) in [5, 5.41) is 2.64. The Kier molecular flexibility index (Phi) is 4.07. The lowest BCUT2D eigenvalue weighted by molar-refractivity contribution is -0.120. The first-order chi connectivity index (χ1) is 11.0. The number of anilines is 2. The van der Waals surface area contributed by atoms with Gasteiger partial charge in [0.25, 0.3) is 11.8 Å². The van der Waals surface area contributed by atoms with E-state index >= 15 is 0 Å². The van der Waals surface area contributed by atoms with E-state index in [-0.39, 0.29) is 22.1 Å². The second-order valence-corrected chi connectivity index (χ2v) is 5.53. The quantitative estimate of drug-likeness (QED) is 0.853. The van der Waals surface area contributed by atoms with Crippen LogP contribution in [0.4, 0.5) is 15.8 Å². The van der Waals surface area contributed by atoms with E-state index in [1.54, 1.807) is 24.3 Å². The molecule has 2 amide bonds. The molecule has 0 aliphatic carbocycles. The van der Waals surface area contributed by atoms with Crippen LogP contribution in [0.1, 0.15) is 0 Å². The molecule has 0 spiro atoms. The van der Waals surface area contributed by atoms with Gasteiger partial charge >= 0.3 is 0 Å². The Bertz CT molecular complexity index is 851. The van der Waals surface area contributed by atoms with E-state index in [9.17, 15) is 14.0 Å². The molecule has 1 aliphatic rings. The van der Waals surface area contributed by atoms with Gasteiger partial charge in [0, 0.05) is 5.02 Å². The van der Waals surface area contributed by atoms with E-state index in [1.165, 1.54) is 24.3 Å². The smallest absolute Gasteiger partial charge is 0.283 e. The van der Waals surface area contributed by atoms with Crippen molar-refractivity contribution in [1.82, 2.24) is 0 Å². The molecule has 2 aromatic rings. The second kappa shape index (κ2) is 6.02. The molecule has 2 aromatic carbocycles. The maximum atomic E-state index is 13.7. The lowest BCUT2D eigenvalue weighted by Gasteiger charge is -2.15. The molecule has 0 bridgehead atoms. The predicted molar refractivity (Wildman–Crippen MR) is 86.8 cm³/mol. The Morgan fingerprint density at radius 1 is 0.957 bits per heavy atom. The van der Waals surface area contributed by atoms with Crippen molar-refractivity contribution < 1.29 is 14.0 Å². The molecule has 0 radical (unpaired) electrons. The minimum Gasteiger partial charge on any atom is -0.347 e. The number of nitrogens with one attached hydrogen (secondary N) is 1.